The smallest absolute Gasteiger partial charge is 0.231 e. The summed E-state index contributed by atoms with van der Waals surface area (Å²) >= 11 is 12.4. The fourth-order valence-corrected chi connectivity index (χ4v) is 3.32. The molecule has 0 spiro atoms. The monoisotopic (exact) mass is 305 g/mol. The lowest BCUT2D eigenvalue weighted by atomic mass is 10.0. The van der Waals surface area contributed by atoms with Crippen molar-refractivity contribution in [3.63, 3.8) is 0 Å². The molecule has 0 fully saturated rings. The van der Waals surface area contributed by atoms with Crippen LogP contribution in [0.5, 0.6) is 0 Å². The van der Waals surface area contributed by atoms with Gasteiger partial charge in [-0.3, -0.25) is 14.5 Å². The van der Waals surface area contributed by atoms with Crippen molar-refractivity contribution >= 4 is 40.0 Å². The summed E-state index contributed by atoms with van der Waals surface area (Å²) in [6.07, 6.45) is 4.78. The Morgan fingerprint density at radius 3 is 2.85 bits per heavy atom. The van der Waals surface area contributed by atoms with E-state index in [2.05, 4.69) is 10.2 Å². The average molecular weight is 306 g/mol. The van der Waals surface area contributed by atoms with Crippen LogP contribution in [0.15, 0.2) is 24.5 Å². The average Bonchev–Trinajstić information content (AvgIpc) is 3.11. The van der Waals surface area contributed by atoms with E-state index in [1.54, 1.807) is 16.8 Å². The van der Waals surface area contributed by atoms with E-state index in [9.17, 15) is 4.79 Å². The third-order valence-electron chi connectivity index (χ3n) is 3.73. The molecule has 1 aromatic carbocycles. The highest BCUT2D eigenvalue weighted by molar-refractivity contribution is 6.45. The van der Waals surface area contributed by atoms with Crippen molar-refractivity contribution in [2.75, 3.05) is 0 Å². The van der Waals surface area contributed by atoms with Crippen molar-refractivity contribution in [1.82, 2.24) is 14.8 Å². The molecule has 1 N–H and O–H groups in total. The Morgan fingerprint density at radius 1 is 1.25 bits per heavy atom. The SMILES string of the molecule is O=C1CCc2c(-c3cn[nH]c3)c3ccc(Cl)c(Cl)c3n21. The first-order valence-corrected chi connectivity index (χ1v) is 6.97. The summed E-state index contributed by atoms with van der Waals surface area (Å²) in [5.74, 6) is 0.0592. The summed E-state index contributed by atoms with van der Waals surface area (Å²) in [7, 11) is 0. The van der Waals surface area contributed by atoms with Crippen LogP contribution in [0.3, 0.4) is 0 Å². The highest BCUT2D eigenvalue weighted by Gasteiger charge is 2.29. The van der Waals surface area contributed by atoms with Crippen LogP contribution in [0, 0.1) is 0 Å². The zero-order valence-electron chi connectivity index (χ0n) is 10.3. The minimum atomic E-state index is 0.0592. The number of H-pyrrole nitrogens is 1. The Hall–Kier alpha value is -1.78. The lowest BCUT2D eigenvalue weighted by Crippen LogP contribution is -2.03. The van der Waals surface area contributed by atoms with Gasteiger partial charge in [0.2, 0.25) is 5.91 Å². The minimum absolute atomic E-state index is 0.0592. The zero-order chi connectivity index (χ0) is 13.9. The van der Waals surface area contributed by atoms with Gasteiger partial charge in [-0.15, -0.1) is 0 Å². The molecular weight excluding hydrogens is 297 g/mol. The molecule has 20 heavy (non-hydrogen) atoms. The Morgan fingerprint density at radius 2 is 2.10 bits per heavy atom. The van der Waals surface area contributed by atoms with Gasteiger partial charge in [-0.1, -0.05) is 29.3 Å². The summed E-state index contributed by atoms with van der Waals surface area (Å²) in [5.41, 5.74) is 3.65. The highest BCUT2D eigenvalue weighted by Crippen LogP contribution is 2.42. The molecule has 0 radical (unpaired) electrons. The second kappa shape index (κ2) is 4.11. The molecular formula is C14H9Cl2N3O. The minimum Gasteiger partial charge on any atom is -0.285 e. The lowest BCUT2D eigenvalue weighted by Gasteiger charge is -2.02. The number of rotatable bonds is 1. The molecule has 4 nitrogen and oxygen atoms in total. The first-order chi connectivity index (χ1) is 9.68. The number of benzene rings is 1. The van der Waals surface area contributed by atoms with Crippen molar-refractivity contribution in [2.24, 2.45) is 0 Å². The lowest BCUT2D eigenvalue weighted by molar-refractivity contribution is 0.0928. The molecule has 0 amide bonds. The van der Waals surface area contributed by atoms with E-state index >= 15 is 0 Å². The number of halogens is 2. The topological polar surface area (TPSA) is 50.7 Å². The van der Waals surface area contributed by atoms with Gasteiger partial charge in [-0.05, 0) is 12.5 Å². The third kappa shape index (κ3) is 1.43. The highest BCUT2D eigenvalue weighted by atomic mass is 35.5. The first-order valence-electron chi connectivity index (χ1n) is 6.22. The van der Waals surface area contributed by atoms with Crippen molar-refractivity contribution in [2.45, 2.75) is 12.8 Å². The number of hydrogen-bond acceptors (Lipinski definition) is 2. The molecule has 0 aliphatic carbocycles. The Bertz CT molecular complexity index is 849. The number of carbonyl (C=O) groups excluding carboxylic acids is 1. The molecule has 0 unspecified atom stereocenters. The maximum absolute atomic E-state index is 12.2. The normalized spacial score (nSPS) is 14.2. The van der Waals surface area contributed by atoms with Crippen LogP contribution in [0.25, 0.3) is 22.0 Å². The van der Waals surface area contributed by atoms with Gasteiger partial charge in [0.25, 0.3) is 0 Å². The van der Waals surface area contributed by atoms with Crippen LogP contribution in [0.2, 0.25) is 10.0 Å². The fraction of sp³-hybridized carbons (Fsp3) is 0.143. The number of nitrogens with zero attached hydrogens (tertiary/aromatic N) is 2. The third-order valence-corrected chi connectivity index (χ3v) is 4.53. The van der Waals surface area contributed by atoms with E-state index in [0.29, 0.717) is 28.4 Å². The van der Waals surface area contributed by atoms with E-state index in [4.69, 9.17) is 23.2 Å². The number of nitrogens with one attached hydrogen (secondary N) is 1. The van der Waals surface area contributed by atoms with Crippen molar-refractivity contribution in [1.29, 1.82) is 0 Å². The van der Waals surface area contributed by atoms with Crippen molar-refractivity contribution in [3.8, 4) is 11.1 Å². The summed E-state index contributed by atoms with van der Waals surface area (Å²) in [4.78, 5) is 12.2. The zero-order valence-corrected chi connectivity index (χ0v) is 11.8. The molecule has 0 bridgehead atoms. The second-order valence-electron chi connectivity index (χ2n) is 4.80. The van der Waals surface area contributed by atoms with Crippen LogP contribution in [0.1, 0.15) is 16.9 Å². The summed E-state index contributed by atoms with van der Waals surface area (Å²) < 4.78 is 1.70. The molecule has 6 heteroatoms. The quantitative estimate of drug-likeness (QED) is 0.740. The van der Waals surface area contributed by atoms with Gasteiger partial charge >= 0.3 is 0 Å². The molecule has 1 aliphatic rings. The number of aromatic amines is 1. The van der Waals surface area contributed by atoms with Crippen molar-refractivity contribution < 1.29 is 4.79 Å². The molecule has 1 aliphatic heterocycles. The number of fused-ring (bicyclic) bond motifs is 3. The maximum atomic E-state index is 12.2. The predicted octanol–water partition coefficient (Wildman–Crippen LogP) is 3.92. The van der Waals surface area contributed by atoms with E-state index < -0.39 is 0 Å². The predicted molar refractivity (Wildman–Crippen MR) is 78.5 cm³/mol. The molecule has 100 valence electrons. The fourth-order valence-electron chi connectivity index (χ4n) is 2.92. The van der Waals surface area contributed by atoms with E-state index in [0.717, 1.165) is 22.2 Å². The second-order valence-corrected chi connectivity index (χ2v) is 5.58. The largest absolute Gasteiger partial charge is 0.285 e. The Kier molecular flexibility index (Phi) is 2.46. The summed E-state index contributed by atoms with van der Waals surface area (Å²) in [6.45, 7) is 0. The molecule has 0 atom stereocenters. The summed E-state index contributed by atoms with van der Waals surface area (Å²) in [5, 5.41) is 8.62. The molecule has 0 saturated carbocycles. The molecule has 2 aromatic heterocycles. The van der Waals surface area contributed by atoms with E-state index in [-0.39, 0.29) is 5.91 Å². The van der Waals surface area contributed by atoms with Crippen molar-refractivity contribution in [3.05, 3.63) is 40.3 Å². The Labute approximate surface area is 124 Å². The Balaban J connectivity index is 2.21. The van der Waals surface area contributed by atoms with Gasteiger partial charge in [0, 0.05) is 34.8 Å². The summed E-state index contributed by atoms with van der Waals surface area (Å²) in [6, 6.07) is 3.67. The van der Waals surface area contributed by atoms with Gasteiger partial charge in [-0.25, -0.2) is 0 Å². The molecule has 4 rings (SSSR count). The van der Waals surface area contributed by atoms with Crippen LogP contribution >= 0.6 is 23.2 Å². The van der Waals surface area contributed by atoms with Gasteiger partial charge in [0.05, 0.1) is 21.8 Å². The maximum Gasteiger partial charge on any atom is 0.231 e. The molecule has 3 heterocycles. The van der Waals surface area contributed by atoms with Gasteiger partial charge in [-0.2, -0.15) is 5.10 Å². The van der Waals surface area contributed by atoms with Crippen LogP contribution in [-0.4, -0.2) is 20.7 Å². The van der Waals surface area contributed by atoms with Crippen LogP contribution in [-0.2, 0) is 6.42 Å². The van der Waals surface area contributed by atoms with E-state index in [1.807, 2.05) is 12.3 Å². The van der Waals surface area contributed by atoms with Gasteiger partial charge < -0.3 is 0 Å². The van der Waals surface area contributed by atoms with Gasteiger partial charge in [0.15, 0.2) is 0 Å². The standard InChI is InChI=1S/C14H9Cl2N3O/c15-9-2-1-8-12(7-5-17-18-6-7)10-3-4-11(20)19(10)14(8)13(9)16/h1-2,5-6H,3-4H2,(H,17,18). The molecule has 0 saturated heterocycles. The van der Waals surface area contributed by atoms with E-state index in [1.165, 1.54) is 0 Å². The number of carbonyl (C=O) groups is 1. The number of aromatic nitrogens is 3. The first kappa shape index (κ1) is 12.0. The van der Waals surface area contributed by atoms with Crippen LogP contribution < -0.4 is 0 Å². The van der Waals surface area contributed by atoms with Crippen LogP contribution in [0.4, 0.5) is 0 Å². The molecule has 3 aromatic rings. The number of hydrogen-bond donors (Lipinski definition) is 1. The van der Waals surface area contributed by atoms with Gasteiger partial charge in [0.1, 0.15) is 0 Å².